The van der Waals surface area contributed by atoms with E-state index in [1.165, 1.54) is 0 Å². The van der Waals surface area contributed by atoms with Gasteiger partial charge in [-0.25, -0.2) is 0 Å². The molecule has 116 valence electrons. The van der Waals surface area contributed by atoms with Crippen molar-refractivity contribution in [1.82, 2.24) is 10.1 Å². The summed E-state index contributed by atoms with van der Waals surface area (Å²) >= 11 is 0. The van der Waals surface area contributed by atoms with Gasteiger partial charge in [0.1, 0.15) is 5.75 Å². The first-order valence-corrected chi connectivity index (χ1v) is 7.27. The molecular formula is C16H19N3O3. The van der Waals surface area contributed by atoms with Gasteiger partial charge in [-0.3, -0.25) is 4.79 Å². The zero-order chi connectivity index (χ0) is 15.7. The highest BCUT2D eigenvalue weighted by Crippen LogP contribution is 2.51. The second-order valence-electron chi connectivity index (χ2n) is 6.28. The van der Waals surface area contributed by atoms with E-state index in [-0.39, 0.29) is 23.8 Å². The Labute approximate surface area is 128 Å². The molecule has 0 unspecified atom stereocenters. The molecule has 0 spiro atoms. The number of nitrogens with zero attached hydrogens (tertiary/aromatic N) is 2. The molecule has 1 N–H and O–H groups in total. The molecule has 1 fully saturated rings. The van der Waals surface area contributed by atoms with Gasteiger partial charge in [0, 0.05) is 18.5 Å². The van der Waals surface area contributed by atoms with Crippen LogP contribution in [0, 0.1) is 18.3 Å². The number of carbonyl (C=O) groups is 1. The summed E-state index contributed by atoms with van der Waals surface area (Å²) in [6.45, 7) is 6.19. The first kappa shape index (κ1) is 14.6. The number of aromatic nitrogens is 2. The largest absolute Gasteiger partial charge is 0.485 e. The van der Waals surface area contributed by atoms with Crippen LogP contribution in [0.15, 0.2) is 28.8 Å². The normalized spacial score (nSPS) is 18.8. The number of hydrogen-bond acceptors (Lipinski definition) is 5. The molecule has 0 aliphatic heterocycles. The first-order valence-electron chi connectivity index (χ1n) is 7.27. The molecule has 3 rings (SSSR count). The predicted molar refractivity (Wildman–Crippen MR) is 80.3 cm³/mol. The fourth-order valence-corrected chi connectivity index (χ4v) is 2.33. The molecule has 1 aromatic carbocycles. The highest BCUT2D eigenvalue weighted by atomic mass is 16.5. The van der Waals surface area contributed by atoms with Crippen molar-refractivity contribution in [3.8, 4) is 5.75 Å². The average molecular weight is 301 g/mol. The number of benzene rings is 1. The molecule has 22 heavy (non-hydrogen) atoms. The second kappa shape index (κ2) is 5.44. The van der Waals surface area contributed by atoms with Crippen molar-refractivity contribution < 1.29 is 14.1 Å². The molecule has 1 saturated carbocycles. The van der Waals surface area contributed by atoms with E-state index in [0.29, 0.717) is 17.5 Å². The van der Waals surface area contributed by atoms with Crippen molar-refractivity contribution in [3.05, 3.63) is 36.0 Å². The number of rotatable bonds is 5. The van der Waals surface area contributed by atoms with E-state index in [1.54, 1.807) is 19.1 Å². The molecule has 6 nitrogen and oxygen atoms in total. The lowest BCUT2D eigenvalue weighted by Crippen LogP contribution is -2.16. The van der Waals surface area contributed by atoms with Gasteiger partial charge in [0.05, 0.1) is 0 Å². The number of aryl methyl sites for hydroxylation is 1. The lowest BCUT2D eigenvalue weighted by Gasteiger charge is -2.08. The van der Waals surface area contributed by atoms with E-state index in [1.807, 2.05) is 12.1 Å². The molecule has 1 heterocycles. The highest BCUT2D eigenvalue weighted by Gasteiger charge is 2.50. The number of carbonyl (C=O) groups excluding carboxylic acids is 1. The summed E-state index contributed by atoms with van der Waals surface area (Å²) < 4.78 is 10.4. The van der Waals surface area contributed by atoms with Crippen LogP contribution in [-0.4, -0.2) is 16.0 Å². The van der Waals surface area contributed by atoms with Gasteiger partial charge in [-0.15, -0.1) is 0 Å². The lowest BCUT2D eigenvalue weighted by molar-refractivity contribution is -0.118. The smallest absolute Gasteiger partial charge is 0.228 e. The van der Waals surface area contributed by atoms with E-state index in [4.69, 9.17) is 9.26 Å². The summed E-state index contributed by atoms with van der Waals surface area (Å²) in [5.41, 5.74) is 0.908. The van der Waals surface area contributed by atoms with Gasteiger partial charge in [0.25, 0.3) is 0 Å². The molecule has 1 atom stereocenters. The number of amides is 1. The standard InChI is InChI=1S/C16H19N3O3/c1-10-17-14(19-22-10)9-21-12-6-4-11(5-7-12)18-15(20)13-8-16(13,2)3/h4-7,13H,8-9H2,1-3H3,(H,18,20)/t13-/m1/s1. The van der Waals surface area contributed by atoms with Gasteiger partial charge in [-0.2, -0.15) is 4.98 Å². The van der Waals surface area contributed by atoms with Crippen LogP contribution in [0.5, 0.6) is 5.75 Å². The van der Waals surface area contributed by atoms with E-state index in [9.17, 15) is 4.79 Å². The van der Waals surface area contributed by atoms with Crippen LogP contribution in [0.3, 0.4) is 0 Å². The van der Waals surface area contributed by atoms with Crippen molar-refractivity contribution in [2.75, 3.05) is 5.32 Å². The molecule has 0 radical (unpaired) electrons. The molecule has 0 saturated heterocycles. The van der Waals surface area contributed by atoms with Crippen LogP contribution in [0.2, 0.25) is 0 Å². The van der Waals surface area contributed by atoms with Crippen molar-refractivity contribution in [3.63, 3.8) is 0 Å². The summed E-state index contributed by atoms with van der Waals surface area (Å²) in [5, 5.41) is 6.69. The van der Waals surface area contributed by atoms with Crippen molar-refractivity contribution in [2.45, 2.75) is 33.8 Å². The third-order valence-electron chi connectivity index (χ3n) is 3.89. The number of ether oxygens (including phenoxy) is 1. The molecule has 6 heteroatoms. The summed E-state index contributed by atoms with van der Waals surface area (Å²) in [5.74, 6) is 1.91. The van der Waals surface area contributed by atoms with Crippen LogP contribution in [-0.2, 0) is 11.4 Å². The second-order valence-corrected chi connectivity index (χ2v) is 6.28. The molecule has 0 bridgehead atoms. The van der Waals surface area contributed by atoms with Crippen LogP contribution < -0.4 is 10.1 Å². The van der Waals surface area contributed by atoms with Crippen molar-refractivity contribution >= 4 is 11.6 Å². The average Bonchev–Trinajstić information content (AvgIpc) is 2.92. The Bertz CT molecular complexity index is 676. The van der Waals surface area contributed by atoms with Crippen LogP contribution >= 0.6 is 0 Å². The maximum absolute atomic E-state index is 12.0. The molecule has 1 aromatic heterocycles. The van der Waals surface area contributed by atoms with Crippen molar-refractivity contribution in [1.29, 1.82) is 0 Å². The molecule has 1 aliphatic rings. The van der Waals surface area contributed by atoms with Gasteiger partial charge in [-0.1, -0.05) is 19.0 Å². The highest BCUT2D eigenvalue weighted by molar-refractivity contribution is 5.95. The topological polar surface area (TPSA) is 77.2 Å². The Morgan fingerprint density at radius 2 is 2.09 bits per heavy atom. The lowest BCUT2D eigenvalue weighted by atomic mass is 10.1. The zero-order valence-corrected chi connectivity index (χ0v) is 12.9. The van der Waals surface area contributed by atoms with Gasteiger partial charge >= 0.3 is 0 Å². The van der Waals surface area contributed by atoms with Gasteiger partial charge < -0.3 is 14.6 Å². The predicted octanol–water partition coefficient (Wildman–Crippen LogP) is 2.94. The fraction of sp³-hybridized carbons (Fsp3) is 0.438. The molecule has 1 amide bonds. The van der Waals surface area contributed by atoms with E-state index in [2.05, 4.69) is 29.3 Å². The van der Waals surface area contributed by atoms with Crippen LogP contribution in [0.25, 0.3) is 0 Å². The van der Waals surface area contributed by atoms with Gasteiger partial charge in [0.15, 0.2) is 6.61 Å². The summed E-state index contributed by atoms with van der Waals surface area (Å²) in [6.07, 6.45) is 0.949. The Balaban J connectivity index is 1.53. The minimum absolute atomic E-state index is 0.0842. The SMILES string of the molecule is Cc1nc(COc2ccc(NC(=O)[C@H]3CC3(C)C)cc2)no1. The first-order chi connectivity index (χ1) is 10.4. The third kappa shape index (κ3) is 3.27. The Kier molecular flexibility index (Phi) is 3.60. The number of nitrogens with one attached hydrogen (secondary N) is 1. The minimum atomic E-state index is 0.0842. The molecular weight excluding hydrogens is 282 g/mol. The van der Waals surface area contributed by atoms with E-state index < -0.39 is 0 Å². The monoisotopic (exact) mass is 301 g/mol. The Morgan fingerprint density at radius 3 is 2.64 bits per heavy atom. The zero-order valence-electron chi connectivity index (χ0n) is 12.9. The summed E-state index contributed by atoms with van der Waals surface area (Å²) in [4.78, 5) is 16.1. The summed E-state index contributed by atoms with van der Waals surface area (Å²) in [6, 6.07) is 7.26. The maximum Gasteiger partial charge on any atom is 0.228 e. The quantitative estimate of drug-likeness (QED) is 0.918. The van der Waals surface area contributed by atoms with E-state index >= 15 is 0 Å². The van der Waals surface area contributed by atoms with Crippen LogP contribution in [0.1, 0.15) is 32.0 Å². The Morgan fingerprint density at radius 1 is 1.41 bits per heavy atom. The fourth-order valence-electron chi connectivity index (χ4n) is 2.33. The number of anilines is 1. The molecule has 2 aromatic rings. The number of hydrogen-bond donors (Lipinski definition) is 1. The third-order valence-corrected chi connectivity index (χ3v) is 3.89. The minimum Gasteiger partial charge on any atom is -0.485 e. The van der Waals surface area contributed by atoms with Crippen molar-refractivity contribution in [2.24, 2.45) is 11.3 Å². The van der Waals surface area contributed by atoms with E-state index in [0.717, 1.165) is 12.1 Å². The van der Waals surface area contributed by atoms with Gasteiger partial charge in [-0.05, 0) is 36.1 Å². The van der Waals surface area contributed by atoms with Gasteiger partial charge in [0.2, 0.25) is 17.6 Å². The van der Waals surface area contributed by atoms with Crippen LogP contribution in [0.4, 0.5) is 5.69 Å². The maximum atomic E-state index is 12.0. The summed E-state index contributed by atoms with van der Waals surface area (Å²) in [7, 11) is 0. The Hall–Kier alpha value is -2.37. The molecule has 1 aliphatic carbocycles.